The maximum Gasteiger partial charge on any atom is 0.326 e. The lowest BCUT2D eigenvalue weighted by atomic mass is 10.1. The van der Waals surface area contributed by atoms with Crippen molar-refractivity contribution in [2.24, 2.45) is 0 Å². The van der Waals surface area contributed by atoms with Crippen LogP contribution in [0.15, 0.2) is 18.3 Å². The van der Waals surface area contributed by atoms with E-state index in [1.165, 1.54) is 6.20 Å². The minimum atomic E-state index is -1.01. The standard InChI is InChI=1S/C18H27N3O4/c1-4-5-6-15(18(23)24)20-17(22)14-7-8-16(19-9-14)21-10-12(2)25-13(3)11-21/h7-9,12-13,15H,4-6,10-11H2,1-3H3,(H,20,22)(H,23,24). The number of unbranched alkanes of at least 4 members (excludes halogenated alkanes) is 1. The van der Waals surface area contributed by atoms with Crippen molar-refractivity contribution in [2.75, 3.05) is 18.0 Å². The van der Waals surface area contributed by atoms with Gasteiger partial charge in [0.05, 0.1) is 17.8 Å². The number of carbonyl (C=O) groups is 2. The summed E-state index contributed by atoms with van der Waals surface area (Å²) < 4.78 is 5.71. The zero-order valence-electron chi connectivity index (χ0n) is 15.1. The van der Waals surface area contributed by atoms with Gasteiger partial charge in [-0.05, 0) is 32.4 Å². The van der Waals surface area contributed by atoms with Crippen molar-refractivity contribution in [1.29, 1.82) is 0 Å². The first-order valence-electron chi connectivity index (χ1n) is 8.80. The third-order valence-electron chi connectivity index (χ3n) is 4.20. The van der Waals surface area contributed by atoms with E-state index in [0.29, 0.717) is 12.0 Å². The lowest BCUT2D eigenvalue weighted by Gasteiger charge is -2.36. The smallest absolute Gasteiger partial charge is 0.326 e. The van der Waals surface area contributed by atoms with Gasteiger partial charge in [-0.15, -0.1) is 0 Å². The zero-order chi connectivity index (χ0) is 18.4. The van der Waals surface area contributed by atoms with Crippen molar-refractivity contribution in [3.8, 4) is 0 Å². The molecule has 2 N–H and O–H groups in total. The Hall–Kier alpha value is -2.15. The molecule has 3 unspecified atom stereocenters. The number of nitrogens with one attached hydrogen (secondary N) is 1. The van der Waals surface area contributed by atoms with E-state index in [2.05, 4.69) is 15.2 Å². The zero-order valence-corrected chi connectivity index (χ0v) is 15.1. The first-order chi connectivity index (χ1) is 11.9. The van der Waals surface area contributed by atoms with Crippen molar-refractivity contribution in [2.45, 2.75) is 58.3 Å². The summed E-state index contributed by atoms with van der Waals surface area (Å²) in [6.07, 6.45) is 3.81. The Bertz CT molecular complexity index is 580. The van der Waals surface area contributed by atoms with Gasteiger partial charge in [0, 0.05) is 19.3 Å². The summed E-state index contributed by atoms with van der Waals surface area (Å²) in [5.74, 6) is -0.631. The van der Waals surface area contributed by atoms with Crippen molar-refractivity contribution in [3.63, 3.8) is 0 Å². The SMILES string of the molecule is CCCCC(NC(=O)c1ccc(N2CC(C)OC(C)C2)nc1)C(=O)O. The molecular weight excluding hydrogens is 322 g/mol. The maximum atomic E-state index is 12.3. The van der Waals surface area contributed by atoms with Crippen molar-refractivity contribution in [1.82, 2.24) is 10.3 Å². The number of aromatic nitrogens is 1. The van der Waals surface area contributed by atoms with Crippen LogP contribution in [0.3, 0.4) is 0 Å². The average Bonchev–Trinajstić information content (AvgIpc) is 2.57. The lowest BCUT2D eigenvalue weighted by molar-refractivity contribution is -0.139. The topological polar surface area (TPSA) is 91.8 Å². The van der Waals surface area contributed by atoms with Crippen molar-refractivity contribution in [3.05, 3.63) is 23.9 Å². The van der Waals surface area contributed by atoms with Gasteiger partial charge in [-0.25, -0.2) is 9.78 Å². The summed E-state index contributed by atoms with van der Waals surface area (Å²) in [4.78, 5) is 30.0. The molecule has 0 radical (unpaired) electrons. The highest BCUT2D eigenvalue weighted by Crippen LogP contribution is 2.18. The van der Waals surface area contributed by atoms with E-state index in [0.717, 1.165) is 31.7 Å². The third-order valence-corrected chi connectivity index (χ3v) is 4.20. The number of hydrogen-bond donors (Lipinski definition) is 2. The molecule has 3 atom stereocenters. The predicted octanol–water partition coefficient (Wildman–Crippen LogP) is 2.07. The van der Waals surface area contributed by atoms with Gasteiger partial charge in [-0.3, -0.25) is 4.79 Å². The highest BCUT2D eigenvalue weighted by molar-refractivity contribution is 5.96. The van der Waals surface area contributed by atoms with Crippen LogP contribution >= 0.6 is 0 Å². The molecule has 0 aliphatic carbocycles. The number of carboxylic acids is 1. The molecule has 138 valence electrons. The monoisotopic (exact) mass is 349 g/mol. The number of carboxylic acid groups (broad SMARTS) is 1. The van der Waals surface area contributed by atoms with Gasteiger partial charge >= 0.3 is 5.97 Å². The Morgan fingerprint density at radius 2 is 2.04 bits per heavy atom. The van der Waals surface area contributed by atoms with Gasteiger partial charge < -0.3 is 20.1 Å². The number of rotatable bonds is 7. The summed E-state index contributed by atoms with van der Waals surface area (Å²) in [6.45, 7) is 7.53. The summed E-state index contributed by atoms with van der Waals surface area (Å²) in [5.41, 5.74) is 0.362. The molecule has 0 bridgehead atoms. The van der Waals surface area contributed by atoms with E-state index in [9.17, 15) is 14.7 Å². The van der Waals surface area contributed by atoms with E-state index in [-0.39, 0.29) is 12.2 Å². The number of nitrogens with zero attached hydrogens (tertiary/aromatic N) is 2. The van der Waals surface area contributed by atoms with Crippen LogP contribution in [0.25, 0.3) is 0 Å². The first kappa shape index (κ1) is 19.2. The van der Waals surface area contributed by atoms with Crippen LogP contribution < -0.4 is 10.2 Å². The van der Waals surface area contributed by atoms with Crippen LogP contribution in [0.5, 0.6) is 0 Å². The van der Waals surface area contributed by atoms with Gasteiger partial charge in [0.1, 0.15) is 11.9 Å². The minimum absolute atomic E-state index is 0.128. The minimum Gasteiger partial charge on any atom is -0.480 e. The van der Waals surface area contributed by atoms with E-state index in [1.54, 1.807) is 12.1 Å². The van der Waals surface area contributed by atoms with Gasteiger partial charge in [-0.2, -0.15) is 0 Å². The Kier molecular flexibility index (Phi) is 6.75. The molecular formula is C18H27N3O4. The molecule has 2 heterocycles. The number of carbonyl (C=O) groups excluding carboxylic acids is 1. The van der Waals surface area contributed by atoms with Crippen LogP contribution in [-0.4, -0.2) is 53.3 Å². The van der Waals surface area contributed by atoms with Crippen LogP contribution in [0, 0.1) is 0 Å². The lowest BCUT2D eigenvalue weighted by Crippen LogP contribution is -2.45. The van der Waals surface area contributed by atoms with Gasteiger partial charge in [0.2, 0.25) is 0 Å². The predicted molar refractivity (Wildman–Crippen MR) is 94.9 cm³/mol. The maximum absolute atomic E-state index is 12.3. The number of pyridine rings is 1. The summed E-state index contributed by atoms with van der Waals surface area (Å²) in [7, 11) is 0. The molecule has 7 heteroatoms. The second kappa shape index (κ2) is 8.80. The molecule has 1 aromatic heterocycles. The number of aliphatic carboxylic acids is 1. The molecule has 0 spiro atoms. The Morgan fingerprint density at radius 3 is 2.56 bits per heavy atom. The van der Waals surface area contributed by atoms with E-state index in [4.69, 9.17) is 4.74 Å². The molecule has 1 aliphatic heterocycles. The number of amides is 1. The van der Waals surface area contributed by atoms with Crippen LogP contribution in [0.4, 0.5) is 5.82 Å². The summed E-state index contributed by atoms with van der Waals surface area (Å²) in [6, 6.07) is 2.61. The van der Waals surface area contributed by atoms with E-state index in [1.807, 2.05) is 20.8 Å². The largest absolute Gasteiger partial charge is 0.480 e. The van der Waals surface area contributed by atoms with Crippen molar-refractivity contribution < 1.29 is 19.4 Å². The molecule has 1 saturated heterocycles. The van der Waals surface area contributed by atoms with Crippen LogP contribution in [0.1, 0.15) is 50.4 Å². The molecule has 1 aliphatic rings. The van der Waals surface area contributed by atoms with E-state index >= 15 is 0 Å². The van der Waals surface area contributed by atoms with Gasteiger partial charge in [-0.1, -0.05) is 19.8 Å². The molecule has 7 nitrogen and oxygen atoms in total. The van der Waals surface area contributed by atoms with Crippen molar-refractivity contribution >= 4 is 17.7 Å². The highest BCUT2D eigenvalue weighted by Gasteiger charge is 2.24. The van der Waals surface area contributed by atoms with Gasteiger partial charge in [0.15, 0.2) is 0 Å². The first-order valence-corrected chi connectivity index (χ1v) is 8.80. The Morgan fingerprint density at radius 1 is 1.36 bits per heavy atom. The van der Waals surface area contributed by atoms with Crippen LogP contribution in [-0.2, 0) is 9.53 Å². The second-order valence-corrected chi connectivity index (χ2v) is 6.57. The molecule has 2 rings (SSSR count). The molecule has 1 aromatic rings. The quantitative estimate of drug-likeness (QED) is 0.783. The molecule has 0 saturated carbocycles. The summed E-state index contributed by atoms with van der Waals surface area (Å²) >= 11 is 0. The number of ether oxygens (including phenoxy) is 1. The number of hydrogen-bond acceptors (Lipinski definition) is 5. The molecule has 0 aromatic carbocycles. The summed E-state index contributed by atoms with van der Waals surface area (Å²) in [5, 5.41) is 11.8. The molecule has 25 heavy (non-hydrogen) atoms. The Balaban J connectivity index is 2.00. The third kappa shape index (κ3) is 5.42. The molecule has 1 amide bonds. The highest BCUT2D eigenvalue weighted by atomic mass is 16.5. The Labute approximate surface area is 148 Å². The second-order valence-electron chi connectivity index (χ2n) is 6.57. The van der Waals surface area contributed by atoms with E-state index < -0.39 is 17.9 Å². The molecule has 1 fully saturated rings. The number of anilines is 1. The normalized spacial score (nSPS) is 21.6. The van der Waals surface area contributed by atoms with Crippen LogP contribution in [0.2, 0.25) is 0 Å². The fraction of sp³-hybridized carbons (Fsp3) is 0.611. The fourth-order valence-corrected chi connectivity index (χ4v) is 2.98. The average molecular weight is 349 g/mol. The fourth-order valence-electron chi connectivity index (χ4n) is 2.98. The number of morpholine rings is 1. The van der Waals surface area contributed by atoms with Gasteiger partial charge in [0.25, 0.3) is 5.91 Å².